The van der Waals surface area contributed by atoms with Crippen molar-refractivity contribution in [1.82, 2.24) is 9.88 Å². The number of fused-ring (bicyclic) bond motifs is 2. The van der Waals surface area contributed by atoms with Crippen molar-refractivity contribution in [3.8, 4) is 0 Å². The zero-order valence-electron chi connectivity index (χ0n) is 12.9. The van der Waals surface area contributed by atoms with Crippen LogP contribution in [0.1, 0.15) is 39.1 Å². The molecule has 4 rings (SSSR count). The van der Waals surface area contributed by atoms with Gasteiger partial charge in [0.2, 0.25) is 0 Å². The van der Waals surface area contributed by atoms with E-state index in [0.29, 0.717) is 37.1 Å². The molecule has 6 heteroatoms. The maximum atomic E-state index is 12.6. The van der Waals surface area contributed by atoms with Crippen LogP contribution in [0.4, 0.5) is 0 Å². The van der Waals surface area contributed by atoms with Gasteiger partial charge in [-0.15, -0.1) is 0 Å². The third-order valence-electron chi connectivity index (χ3n) is 4.74. The van der Waals surface area contributed by atoms with Crippen molar-refractivity contribution in [2.75, 3.05) is 13.1 Å². The Hall–Kier alpha value is -2.21. The minimum absolute atomic E-state index is 0.0451. The highest BCUT2D eigenvalue weighted by Gasteiger charge is 2.47. The SMILES string of the molecule is O=C1OC2(CCN(C(=O)c3cncc(Br)c3)CC2)c2ccccc21. The Kier molecular flexibility index (Phi) is 3.64. The summed E-state index contributed by atoms with van der Waals surface area (Å²) in [6.07, 6.45) is 4.45. The molecular formula is C18H15BrN2O3. The van der Waals surface area contributed by atoms with E-state index >= 15 is 0 Å². The number of aromatic nitrogens is 1. The summed E-state index contributed by atoms with van der Waals surface area (Å²) < 4.78 is 6.49. The van der Waals surface area contributed by atoms with Crippen molar-refractivity contribution >= 4 is 27.8 Å². The number of esters is 1. The lowest BCUT2D eigenvalue weighted by molar-refractivity contribution is -0.0389. The summed E-state index contributed by atoms with van der Waals surface area (Å²) >= 11 is 3.34. The third-order valence-corrected chi connectivity index (χ3v) is 5.17. The van der Waals surface area contributed by atoms with Gasteiger partial charge in [-0.3, -0.25) is 9.78 Å². The number of hydrogen-bond acceptors (Lipinski definition) is 4. The molecule has 1 aromatic carbocycles. The predicted molar refractivity (Wildman–Crippen MR) is 90.6 cm³/mol. The van der Waals surface area contributed by atoms with E-state index in [9.17, 15) is 9.59 Å². The first-order valence-corrected chi connectivity index (χ1v) is 8.61. The second kappa shape index (κ2) is 5.70. The van der Waals surface area contributed by atoms with E-state index in [2.05, 4.69) is 20.9 Å². The maximum Gasteiger partial charge on any atom is 0.339 e. The Morgan fingerprint density at radius 2 is 1.96 bits per heavy atom. The number of likely N-dealkylation sites (tertiary alicyclic amines) is 1. The van der Waals surface area contributed by atoms with Gasteiger partial charge in [0.15, 0.2) is 0 Å². The molecule has 2 aliphatic rings. The summed E-state index contributed by atoms with van der Waals surface area (Å²) in [6, 6.07) is 9.29. The number of amides is 1. The lowest BCUT2D eigenvalue weighted by atomic mass is 9.83. The van der Waals surface area contributed by atoms with Crippen LogP contribution in [0.15, 0.2) is 47.2 Å². The lowest BCUT2D eigenvalue weighted by Crippen LogP contribution is -2.45. The molecule has 2 aliphatic heterocycles. The number of piperidine rings is 1. The normalized spacial score (nSPS) is 18.4. The predicted octanol–water partition coefficient (Wildman–Crippen LogP) is 3.15. The number of ether oxygens (including phenoxy) is 1. The molecule has 0 radical (unpaired) electrons. The number of halogens is 1. The molecule has 0 atom stereocenters. The summed E-state index contributed by atoms with van der Waals surface area (Å²) in [5.74, 6) is -0.308. The molecule has 1 aromatic heterocycles. The second-order valence-corrected chi connectivity index (χ2v) is 7.03. The second-order valence-electron chi connectivity index (χ2n) is 6.11. The summed E-state index contributed by atoms with van der Waals surface area (Å²) in [5.41, 5.74) is 1.57. The van der Waals surface area contributed by atoms with E-state index in [-0.39, 0.29) is 11.9 Å². The van der Waals surface area contributed by atoms with Gasteiger partial charge in [0.05, 0.1) is 11.1 Å². The van der Waals surface area contributed by atoms with E-state index in [4.69, 9.17) is 4.74 Å². The first-order valence-electron chi connectivity index (χ1n) is 7.82. The van der Waals surface area contributed by atoms with Crippen LogP contribution in [0.5, 0.6) is 0 Å². The van der Waals surface area contributed by atoms with Crippen molar-refractivity contribution in [1.29, 1.82) is 0 Å². The van der Waals surface area contributed by atoms with Crippen molar-refractivity contribution in [3.05, 3.63) is 63.9 Å². The highest BCUT2D eigenvalue weighted by atomic mass is 79.9. The van der Waals surface area contributed by atoms with Gasteiger partial charge in [0.25, 0.3) is 5.91 Å². The van der Waals surface area contributed by atoms with E-state index in [0.717, 1.165) is 10.0 Å². The van der Waals surface area contributed by atoms with Crippen LogP contribution in [-0.4, -0.2) is 34.8 Å². The monoisotopic (exact) mass is 386 g/mol. The smallest absolute Gasteiger partial charge is 0.339 e. The maximum absolute atomic E-state index is 12.6. The highest BCUT2D eigenvalue weighted by Crippen LogP contribution is 2.44. The van der Waals surface area contributed by atoms with Crippen LogP contribution in [0.3, 0.4) is 0 Å². The zero-order chi connectivity index (χ0) is 16.7. The summed E-state index contributed by atoms with van der Waals surface area (Å²) in [7, 11) is 0. The molecule has 0 aliphatic carbocycles. The fourth-order valence-electron chi connectivity index (χ4n) is 3.50. The molecule has 3 heterocycles. The van der Waals surface area contributed by atoms with E-state index in [1.54, 1.807) is 29.4 Å². The third kappa shape index (κ3) is 2.41. The standard InChI is InChI=1S/C18H15BrN2O3/c19-13-9-12(10-20-11-13)16(22)21-7-5-18(6-8-21)15-4-2-1-3-14(15)17(23)24-18/h1-4,9-11H,5-8H2. The number of rotatable bonds is 1. The van der Waals surface area contributed by atoms with Gasteiger partial charge in [0.1, 0.15) is 5.60 Å². The Labute approximate surface area is 147 Å². The van der Waals surface area contributed by atoms with Gasteiger partial charge in [-0.1, -0.05) is 18.2 Å². The molecule has 1 fully saturated rings. The first kappa shape index (κ1) is 15.3. The Balaban J connectivity index is 1.54. The molecule has 1 saturated heterocycles. The molecule has 0 N–H and O–H groups in total. The number of nitrogens with zero attached hydrogens (tertiary/aromatic N) is 2. The number of hydrogen-bond donors (Lipinski definition) is 0. The van der Waals surface area contributed by atoms with Crippen molar-refractivity contribution < 1.29 is 14.3 Å². The molecular weight excluding hydrogens is 372 g/mol. The highest BCUT2D eigenvalue weighted by molar-refractivity contribution is 9.10. The van der Waals surface area contributed by atoms with E-state index in [1.807, 2.05) is 18.2 Å². The van der Waals surface area contributed by atoms with Gasteiger partial charge in [0, 0.05) is 48.4 Å². The molecule has 0 saturated carbocycles. The zero-order valence-corrected chi connectivity index (χ0v) is 14.5. The summed E-state index contributed by atoms with van der Waals surface area (Å²) in [5, 5.41) is 0. The van der Waals surface area contributed by atoms with Gasteiger partial charge >= 0.3 is 5.97 Å². The van der Waals surface area contributed by atoms with E-state index < -0.39 is 5.60 Å². The average molecular weight is 387 g/mol. The van der Waals surface area contributed by atoms with Crippen LogP contribution < -0.4 is 0 Å². The minimum Gasteiger partial charge on any atom is -0.450 e. The van der Waals surface area contributed by atoms with Crippen LogP contribution in [0.25, 0.3) is 0 Å². The van der Waals surface area contributed by atoms with E-state index in [1.165, 1.54) is 0 Å². The number of carbonyl (C=O) groups excluding carboxylic acids is 2. The van der Waals surface area contributed by atoms with Crippen molar-refractivity contribution in [2.24, 2.45) is 0 Å². The van der Waals surface area contributed by atoms with Gasteiger partial charge in [-0.2, -0.15) is 0 Å². The molecule has 1 amide bonds. The quantitative estimate of drug-likeness (QED) is 0.706. The Bertz CT molecular complexity index is 829. The number of pyridine rings is 1. The van der Waals surface area contributed by atoms with Gasteiger partial charge in [-0.25, -0.2) is 4.79 Å². The van der Waals surface area contributed by atoms with Crippen molar-refractivity contribution in [3.63, 3.8) is 0 Å². The number of benzene rings is 1. The molecule has 24 heavy (non-hydrogen) atoms. The Morgan fingerprint density at radius 3 is 2.71 bits per heavy atom. The van der Waals surface area contributed by atoms with Crippen LogP contribution >= 0.6 is 15.9 Å². The van der Waals surface area contributed by atoms with Crippen LogP contribution in [0, 0.1) is 0 Å². The summed E-state index contributed by atoms with van der Waals surface area (Å²) in [6.45, 7) is 1.10. The molecule has 2 aromatic rings. The van der Waals surface area contributed by atoms with Crippen LogP contribution in [-0.2, 0) is 10.3 Å². The van der Waals surface area contributed by atoms with Gasteiger partial charge < -0.3 is 9.64 Å². The molecule has 0 unspecified atom stereocenters. The lowest BCUT2D eigenvalue weighted by Gasteiger charge is -2.38. The van der Waals surface area contributed by atoms with Crippen LogP contribution in [0.2, 0.25) is 0 Å². The fourth-order valence-corrected chi connectivity index (χ4v) is 3.86. The molecule has 5 nitrogen and oxygen atoms in total. The largest absolute Gasteiger partial charge is 0.450 e. The summed E-state index contributed by atoms with van der Waals surface area (Å²) in [4.78, 5) is 30.6. The average Bonchev–Trinajstić information content (AvgIpc) is 2.88. The van der Waals surface area contributed by atoms with Gasteiger partial charge in [-0.05, 0) is 28.1 Å². The first-order chi connectivity index (χ1) is 11.6. The molecule has 122 valence electrons. The molecule has 0 bridgehead atoms. The molecule has 1 spiro atoms. The minimum atomic E-state index is -0.583. The Morgan fingerprint density at radius 1 is 1.21 bits per heavy atom. The van der Waals surface area contributed by atoms with Crippen molar-refractivity contribution in [2.45, 2.75) is 18.4 Å². The topological polar surface area (TPSA) is 59.5 Å². The fraction of sp³-hybridized carbons (Fsp3) is 0.278. The number of carbonyl (C=O) groups is 2.